The van der Waals surface area contributed by atoms with E-state index >= 15 is 0 Å². The van der Waals surface area contributed by atoms with E-state index in [-0.39, 0.29) is 32.5 Å². The predicted octanol–water partition coefficient (Wildman–Crippen LogP) is 3.71. The van der Waals surface area contributed by atoms with Crippen LogP contribution in [0.5, 0.6) is 0 Å². The lowest BCUT2D eigenvalue weighted by atomic mass is 9.47. The van der Waals surface area contributed by atoms with Crippen LogP contribution in [0, 0.1) is 34.5 Å². The number of amides is 1. The average Bonchev–Trinajstić information content (AvgIpc) is 2.93. The van der Waals surface area contributed by atoms with Crippen molar-refractivity contribution < 1.29 is 14.3 Å². The number of carbonyl (C=O) groups excluding carboxylic acids is 2. The first-order valence-electron chi connectivity index (χ1n) is 9.83. The Morgan fingerprint density at radius 1 is 1.12 bits per heavy atom. The molecule has 2 unspecified atom stereocenters. The van der Waals surface area contributed by atoms with E-state index in [1.165, 1.54) is 20.0 Å². The smallest absolute Gasteiger partial charge is 0.309 e. The molecule has 4 fully saturated rings. The summed E-state index contributed by atoms with van der Waals surface area (Å²) in [5.41, 5.74) is 0.326. The van der Waals surface area contributed by atoms with Gasteiger partial charge in [0.25, 0.3) is 0 Å². The summed E-state index contributed by atoms with van der Waals surface area (Å²) in [7, 11) is 1.53. The van der Waals surface area contributed by atoms with Crippen molar-refractivity contribution >= 4 is 34.5 Å². The third-order valence-corrected chi connectivity index (χ3v) is 9.58. The van der Waals surface area contributed by atoms with E-state index in [2.05, 4.69) is 41.8 Å². The van der Waals surface area contributed by atoms with Crippen molar-refractivity contribution in [2.45, 2.75) is 68.8 Å². The summed E-state index contributed by atoms with van der Waals surface area (Å²) >= 11 is 2.32. The number of hydrogen-bond acceptors (Lipinski definition) is 3. The summed E-state index contributed by atoms with van der Waals surface area (Å²) in [5.74, 6) is 2.33. The molecule has 4 nitrogen and oxygen atoms in total. The van der Waals surface area contributed by atoms with Crippen LogP contribution in [-0.4, -0.2) is 29.0 Å². The van der Waals surface area contributed by atoms with Gasteiger partial charge in [0.2, 0.25) is 5.91 Å². The zero-order valence-corrected chi connectivity index (χ0v) is 17.7. The largest absolute Gasteiger partial charge is 0.469 e. The van der Waals surface area contributed by atoms with Gasteiger partial charge in [-0.1, -0.05) is 36.4 Å². The molecule has 3 saturated carbocycles. The molecule has 5 heteroatoms. The Morgan fingerprint density at radius 2 is 1.84 bits per heavy atom. The lowest BCUT2D eigenvalue weighted by molar-refractivity contribution is -0.155. The lowest BCUT2D eigenvalue weighted by Gasteiger charge is -2.60. The van der Waals surface area contributed by atoms with Crippen molar-refractivity contribution in [2.24, 2.45) is 34.5 Å². The van der Waals surface area contributed by atoms with Gasteiger partial charge in [-0.15, -0.1) is 0 Å². The predicted molar refractivity (Wildman–Crippen MR) is 104 cm³/mol. The van der Waals surface area contributed by atoms with Gasteiger partial charge in [-0.2, -0.15) is 0 Å². The SMILES string of the molecule is COC(=O)C1CC[C@H]2[C@@H]3CC[C@H]4NC(=O)[C@H](I)C[C@]4(C)C3CC[C@]12C. The van der Waals surface area contributed by atoms with Crippen LogP contribution in [-0.2, 0) is 14.3 Å². The van der Waals surface area contributed by atoms with Crippen molar-refractivity contribution in [2.75, 3.05) is 7.11 Å². The van der Waals surface area contributed by atoms with Gasteiger partial charge in [-0.05, 0) is 73.5 Å². The van der Waals surface area contributed by atoms with Gasteiger partial charge in [-0.3, -0.25) is 9.59 Å². The Kier molecular flexibility index (Phi) is 4.40. The number of fused-ring (bicyclic) bond motifs is 5. The molecular formula is C20H30INO3. The molecular weight excluding hydrogens is 429 g/mol. The van der Waals surface area contributed by atoms with Crippen molar-refractivity contribution in [1.82, 2.24) is 5.32 Å². The van der Waals surface area contributed by atoms with Crippen LogP contribution in [0.3, 0.4) is 0 Å². The minimum Gasteiger partial charge on any atom is -0.469 e. The van der Waals surface area contributed by atoms with Crippen LogP contribution in [0.25, 0.3) is 0 Å². The number of nitrogens with one attached hydrogen (secondary N) is 1. The van der Waals surface area contributed by atoms with Gasteiger partial charge >= 0.3 is 5.97 Å². The molecule has 25 heavy (non-hydrogen) atoms. The van der Waals surface area contributed by atoms with Crippen LogP contribution >= 0.6 is 22.6 Å². The molecule has 1 amide bonds. The number of ether oxygens (including phenoxy) is 1. The fourth-order valence-corrected chi connectivity index (χ4v) is 8.39. The molecule has 4 aliphatic rings. The van der Waals surface area contributed by atoms with Gasteiger partial charge < -0.3 is 10.1 Å². The molecule has 1 saturated heterocycles. The Balaban J connectivity index is 1.62. The summed E-state index contributed by atoms with van der Waals surface area (Å²) in [6.45, 7) is 4.77. The monoisotopic (exact) mass is 459 g/mol. The highest BCUT2D eigenvalue weighted by molar-refractivity contribution is 14.1. The average molecular weight is 459 g/mol. The van der Waals surface area contributed by atoms with E-state index in [0.29, 0.717) is 23.8 Å². The zero-order chi connectivity index (χ0) is 18.0. The van der Waals surface area contributed by atoms with Gasteiger partial charge in [0.05, 0.1) is 17.0 Å². The maximum atomic E-state index is 12.3. The first-order valence-corrected chi connectivity index (χ1v) is 11.1. The second kappa shape index (κ2) is 6.10. The first-order chi connectivity index (χ1) is 11.8. The van der Waals surface area contributed by atoms with Crippen molar-refractivity contribution in [3.8, 4) is 0 Å². The molecule has 1 N–H and O–H groups in total. The number of alkyl halides is 1. The number of rotatable bonds is 1. The number of esters is 1. The topological polar surface area (TPSA) is 55.4 Å². The number of hydrogen-bond donors (Lipinski definition) is 1. The quantitative estimate of drug-likeness (QED) is 0.370. The van der Waals surface area contributed by atoms with Gasteiger partial charge in [0.1, 0.15) is 0 Å². The molecule has 0 spiro atoms. The van der Waals surface area contributed by atoms with Crippen LogP contribution in [0.2, 0.25) is 0 Å². The molecule has 0 bridgehead atoms. The van der Waals surface area contributed by atoms with Gasteiger partial charge in [-0.25, -0.2) is 0 Å². The summed E-state index contributed by atoms with van der Waals surface area (Å²) in [6, 6.07) is 0.342. The standard InChI is InChI=1S/C20H30INO3/c1-19-9-8-13-11(12(19)5-6-14(19)18(24)25-3)4-7-16-20(13,2)10-15(21)17(23)22-16/h11-16H,4-10H2,1-3H3,(H,22,23)/t11-,12-,13?,14?,15+,16+,19-,20+/m0/s1. The minimum atomic E-state index is 0.000559. The maximum absolute atomic E-state index is 12.3. The molecule has 3 aliphatic carbocycles. The fourth-order valence-electron chi connectivity index (χ4n) is 7.26. The van der Waals surface area contributed by atoms with E-state index < -0.39 is 0 Å². The molecule has 8 atom stereocenters. The highest BCUT2D eigenvalue weighted by Gasteiger charge is 2.62. The Labute approximate surface area is 164 Å². The molecule has 0 radical (unpaired) electrons. The zero-order valence-electron chi connectivity index (χ0n) is 15.5. The van der Waals surface area contributed by atoms with Crippen LogP contribution in [0.4, 0.5) is 0 Å². The number of methoxy groups -OCH3 is 1. The van der Waals surface area contributed by atoms with E-state index in [9.17, 15) is 9.59 Å². The molecule has 0 aromatic rings. The van der Waals surface area contributed by atoms with E-state index in [0.717, 1.165) is 32.1 Å². The molecule has 4 rings (SSSR count). The molecule has 1 aliphatic heterocycles. The van der Waals surface area contributed by atoms with Gasteiger partial charge in [0.15, 0.2) is 0 Å². The van der Waals surface area contributed by atoms with Crippen molar-refractivity contribution in [1.29, 1.82) is 0 Å². The summed E-state index contributed by atoms with van der Waals surface area (Å²) in [4.78, 5) is 24.5. The molecule has 0 aromatic carbocycles. The third kappa shape index (κ3) is 2.50. The normalized spacial score (nSPS) is 51.8. The third-order valence-electron chi connectivity index (χ3n) is 8.57. The molecule has 0 aromatic heterocycles. The van der Waals surface area contributed by atoms with Crippen LogP contribution in [0.15, 0.2) is 0 Å². The van der Waals surface area contributed by atoms with Gasteiger partial charge in [0, 0.05) is 6.04 Å². The lowest BCUT2D eigenvalue weighted by Crippen LogP contribution is -2.63. The van der Waals surface area contributed by atoms with Crippen LogP contribution in [0.1, 0.15) is 58.8 Å². The van der Waals surface area contributed by atoms with Crippen molar-refractivity contribution in [3.05, 3.63) is 0 Å². The fraction of sp³-hybridized carbons (Fsp3) is 0.900. The number of halogens is 1. The summed E-state index contributed by atoms with van der Waals surface area (Å²) in [5, 5.41) is 3.33. The summed E-state index contributed by atoms with van der Waals surface area (Å²) < 4.78 is 5.22. The van der Waals surface area contributed by atoms with E-state index in [4.69, 9.17) is 4.74 Å². The number of piperidine rings is 1. The maximum Gasteiger partial charge on any atom is 0.309 e. The van der Waals surface area contributed by atoms with Crippen molar-refractivity contribution in [3.63, 3.8) is 0 Å². The highest BCUT2D eigenvalue weighted by Crippen LogP contribution is 2.65. The highest BCUT2D eigenvalue weighted by atomic mass is 127. The summed E-state index contributed by atoms with van der Waals surface area (Å²) in [6.07, 6.45) is 7.78. The minimum absolute atomic E-state index is 0.000559. The first kappa shape index (κ1) is 18.1. The molecule has 140 valence electrons. The number of carbonyl (C=O) groups is 2. The second-order valence-corrected chi connectivity index (χ2v) is 10.9. The Morgan fingerprint density at radius 3 is 2.56 bits per heavy atom. The molecule has 1 heterocycles. The van der Waals surface area contributed by atoms with E-state index in [1.807, 2.05) is 0 Å². The second-order valence-electron chi connectivity index (χ2n) is 9.39. The Bertz CT molecular complexity index is 595. The van der Waals surface area contributed by atoms with E-state index in [1.54, 1.807) is 0 Å². The Hall–Kier alpha value is -0.330. The van der Waals surface area contributed by atoms with Crippen LogP contribution < -0.4 is 5.32 Å².